The quantitative estimate of drug-likeness (QED) is 0.633. The first-order valence-corrected chi connectivity index (χ1v) is 10.1. The Kier molecular flexibility index (Phi) is 5.30. The van der Waals surface area contributed by atoms with Crippen molar-refractivity contribution in [3.63, 3.8) is 0 Å². The number of rotatable bonds is 1. The van der Waals surface area contributed by atoms with Gasteiger partial charge in [-0.05, 0) is 42.7 Å². The third kappa shape index (κ3) is 3.73. The molecule has 1 aliphatic heterocycles. The number of pyridine rings is 1. The molecular weight excluding hydrogens is 370 g/mol. The molecule has 1 aromatic heterocycles. The summed E-state index contributed by atoms with van der Waals surface area (Å²) in [4.78, 5) is 31.4. The van der Waals surface area contributed by atoms with Crippen molar-refractivity contribution >= 4 is 34.0 Å². The van der Waals surface area contributed by atoms with Crippen molar-refractivity contribution in [2.24, 2.45) is 0 Å². The lowest BCUT2D eigenvalue weighted by atomic mass is 9.99. The normalized spacial score (nSPS) is 13.7. The zero-order valence-electron chi connectivity index (χ0n) is 15.6. The number of fused-ring (bicyclic) bond motifs is 2. The Morgan fingerprint density at radius 3 is 2.54 bits per heavy atom. The molecule has 0 saturated carbocycles. The lowest BCUT2D eigenvalue weighted by Gasteiger charge is -2.19. The third-order valence-electron chi connectivity index (χ3n) is 5.14. The SMILES string of the molecule is Cc1c2c(nc3ccccc13)CCN(C(=O)SNC(=O)c1ccccc1)CC2. The van der Waals surface area contributed by atoms with Gasteiger partial charge < -0.3 is 4.90 Å². The van der Waals surface area contributed by atoms with E-state index in [0.29, 0.717) is 18.7 Å². The molecule has 28 heavy (non-hydrogen) atoms. The molecule has 3 aromatic rings. The molecule has 142 valence electrons. The molecule has 4 rings (SSSR count). The molecule has 1 N–H and O–H groups in total. The van der Waals surface area contributed by atoms with Crippen LogP contribution in [0.4, 0.5) is 4.79 Å². The van der Waals surface area contributed by atoms with Gasteiger partial charge in [0.05, 0.1) is 17.5 Å². The maximum absolute atomic E-state index is 12.6. The van der Waals surface area contributed by atoms with Gasteiger partial charge >= 0.3 is 5.24 Å². The summed E-state index contributed by atoms with van der Waals surface area (Å²) in [5.74, 6) is -0.263. The van der Waals surface area contributed by atoms with Crippen LogP contribution < -0.4 is 4.72 Å². The highest BCUT2D eigenvalue weighted by Crippen LogP contribution is 2.26. The van der Waals surface area contributed by atoms with E-state index in [1.807, 2.05) is 24.3 Å². The van der Waals surface area contributed by atoms with Gasteiger partial charge in [-0.25, -0.2) is 0 Å². The van der Waals surface area contributed by atoms with Crippen LogP contribution in [0.5, 0.6) is 0 Å². The first kappa shape index (κ1) is 18.5. The highest BCUT2D eigenvalue weighted by Gasteiger charge is 2.22. The average Bonchev–Trinajstić information content (AvgIpc) is 2.95. The van der Waals surface area contributed by atoms with Gasteiger partial charge in [-0.15, -0.1) is 0 Å². The van der Waals surface area contributed by atoms with Crippen molar-refractivity contribution in [2.75, 3.05) is 13.1 Å². The summed E-state index contributed by atoms with van der Waals surface area (Å²) < 4.78 is 2.65. The molecule has 0 unspecified atom stereocenters. The maximum Gasteiger partial charge on any atom is 0.302 e. The highest BCUT2D eigenvalue weighted by atomic mass is 32.2. The van der Waals surface area contributed by atoms with Crippen LogP contribution in [0, 0.1) is 6.92 Å². The Labute approximate surface area is 168 Å². The molecule has 0 atom stereocenters. The summed E-state index contributed by atoms with van der Waals surface area (Å²) in [5.41, 5.74) is 5.11. The van der Waals surface area contributed by atoms with Gasteiger partial charge in [0.15, 0.2) is 0 Å². The van der Waals surface area contributed by atoms with E-state index in [0.717, 1.165) is 36.0 Å². The molecule has 6 heteroatoms. The second-order valence-corrected chi connectivity index (χ2v) is 7.59. The van der Waals surface area contributed by atoms with E-state index in [1.54, 1.807) is 29.2 Å². The van der Waals surface area contributed by atoms with Crippen LogP contribution in [0.15, 0.2) is 54.6 Å². The zero-order valence-corrected chi connectivity index (χ0v) is 16.5. The second kappa shape index (κ2) is 8.02. The van der Waals surface area contributed by atoms with E-state index in [2.05, 4.69) is 17.7 Å². The summed E-state index contributed by atoms with van der Waals surface area (Å²) in [6.45, 7) is 3.36. The lowest BCUT2D eigenvalue weighted by molar-refractivity contribution is 0.0984. The number of nitrogens with zero attached hydrogens (tertiary/aromatic N) is 2. The maximum atomic E-state index is 12.6. The van der Waals surface area contributed by atoms with Gasteiger partial charge in [0.1, 0.15) is 0 Å². The molecule has 1 aliphatic rings. The first-order valence-electron chi connectivity index (χ1n) is 9.31. The Hall–Kier alpha value is -2.86. The second-order valence-electron chi connectivity index (χ2n) is 6.83. The lowest BCUT2D eigenvalue weighted by Crippen LogP contribution is -2.33. The van der Waals surface area contributed by atoms with E-state index >= 15 is 0 Å². The number of amides is 2. The first-order chi connectivity index (χ1) is 13.6. The van der Waals surface area contributed by atoms with Crippen LogP contribution in [0.2, 0.25) is 0 Å². The number of aromatic nitrogens is 1. The van der Waals surface area contributed by atoms with Gasteiger partial charge in [-0.1, -0.05) is 36.4 Å². The van der Waals surface area contributed by atoms with Crippen LogP contribution in [0.1, 0.15) is 27.2 Å². The Morgan fingerprint density at radius 1 is 1.00 bits per heavy atom. The number of carbonyl (C=O) groups is 2. The highest BCUT2D eigenvalue weighted by molar-refractivity contribution is 8.12. The number of hydrogen-bond donors (Lipinski definition) is 1. The number of nitrogens with one attached hydrogen (secondary N) is 1. The van der Waals surface area contributed by atoms with Crippen molar-refractivity contribution in [1.29, 1.82) is 0 Å². The van der Waals surface area contributed by atoms with Crippen molar-refractivity contribution < 1.29 is 9.59 Å². The number of benzene rings is 2. The van der Waals surface area contributed by atoms with Crippen molar-refractivity contribution in [3.05, 3.63) is 77.0 Å². The molecule has 2 amide bonds. The largest absolute Gasteiger partial charge is 0.331 e. The van der Waals surface area contributed by atoms with E-state index in [9.17, 15) is 9.59 Å². The monoisotopic (exact) mass is 391 g/mol. The number of carbonyl (C=O) groups excluding carboxylic acids is 2. The number of para-hydroxylation sites is 1. The standard InChI is InChI=1S/C22H21N3O2S/c1-15-17-9-5-6-10-19(17)23-20-12-14-25(13-11-18(15)20)22(27)28-24-21(26)16-7-3-2-4-8-16/h2-10H,11-14H2,1H3,(H,24,26). The zero-order chi connectivity index (χ0) is 19.5. The van der Waals surface area contributed by atoms with Crippen LogP contribution in [0.3, 0.4) is 0 Å². The van der Waals surface area contributed by atoms with Crippen molar-refractivity contribution in [3.8, 4) is 0 Å². The molecule has 0 radical (unpaired) electrons. The van der Waals surface area contributed by atoms with Crippen LogP contribution in [-0.2, 0) is 12.8 Å². The fraction of sp³-hybridized carbons (Fsp3) is 0.227. The summed E-state index contributed by atoms with van der Waals surface area (Å²) in [6.07, 6.45) is 1.50. The molecule has 0 bridgehead atoms. The van der Waals surface area contributed by atoms with Gasteiger partial charge in [0, 0.05) is 36.2 Å². The Morgan fingerprint density at radius 2 is 1.71 bits per heavy atom. The minimum absolute atomic E-state index is 0.140. The predicted molar refractivity (Wildman–Crippen MR) is 112 cm³/mol. The predicted octanol–water partition coefficient (Wildman–Crippen LogP) is 4.14. The topological polar surface area (TPSA) is 62.3 Å². The third-order valence-corrected chi connectivity index (χ3v) is 5.86. The van der Waals surface area contributed by atoms with E-state index in [1.165, 1.54) is 16.5 Å². The number of aryl methyl sites for hydroxylation is 1. The fourth-order valence-corrected chi connectivity index (χ4v) is 4.21. The molecule has 0 spiro atoms. The molecule has 0 saturated heterocycles. The van der Waals surface area contributed by atoms with Crippen molar-refractivity contribution in [1.82, 2.24) is 14.6 Å². The van der Waals surface area contributed by atoms with Gasteiger partial charge in [0.2, 0.25) is 0 Å². The summed E-state index contributed by atoms with van der Waals surface area (Å²) >= 11 is 0.848. The fourth-order valence-electron chi connectivity index (χ4n) is 3.60. The van der Waals surface area contributed by atoms with Crippen LogP contribution in [0.25, 0.3) is 10.9 Å². The Balaban J connectivity index is 1.43. The summed E-state index contributed by atoms with van der Waals surface area (Å²) in [6, 6.07) is 17.1. The van der Waals surface area contributed by atoms with E-state index in [4.69, 9.17) is 4.98 Å². The molecule has 2 heterocycles. The Bertz CT molecular complexity index is 1040. The smallest absolute Gasteiger partial charge is 0.302 e. The minimum atomic E-state index is -0.263. The molecule has 0 fully saturated rings. The van der Waals surface area contributed by atoms with Crippen molar-refractivity contribution in [2.45, 2.75) is 19.8 Å². The number of hydrogen-bond acceptors (Lipinski definition) is 4. The van der Waals surface area contributed by atoms with Crippen LogP contribution in [-0.4, -0.2) is 34.1 Å². The molecule has 2 aromatic carbocycles. The summed E-state index contributed by atoms with van der Waals surface area (Å²) in [5, 5.41) is 1.03. The van der Waals surface area contributed by atoms with Gasteiger partial charge in [0.25, 0.3) is 5.91 Å². The van der Waals surface area contributed by atoms with Gasteiger partial charge in [-0.3, -0.25) is 19.3 Å². The molecule has 0 aliphatic carbocycles. The minimum Gasteiger partial charge on any atom is -0.331 e. The van der Waals surface area contributed by atoms with Gasteiger partial charge in [-0.2, -0.15) is 0 Å². The summed E-state index contributed by atoms with van der Waals surface area (Å²) in [7, 11) is 0. The van der Waals surface area contributed by atoms with E-state index < -0.39 is 0 Å². The van der Waals surface area contributed by atoms with E-state index in [-0.39, 0.29) is 11.1 Å². The average molecular weight is 391 g/mol. The molecular formula is C22H21N3O2S. The van der Waals surface area contributed by atoms with Crippen LogP contribution >= 0.6 is 11.9 Å². The molecule has 5 nitrogen and oxygen atoms in total.